The zero-order valence-electron chi connectivity index (χ0n) is 9.15. The predicted molar refractivity (Wildman–Crippen MR) is 58.8 cm³/mol. The van der Waals surface area contributed by atoms with Crippen LogP contribution in [0.1, 0.15) is 15.9 Å². The molecule has 0 saturated carbocycles. The average Bonchev–Trinajstić information content (AvgIpc) is 2.78. The van der Waals surface area contributed by atoms with Gasteiger partial charge in [-0.1, -0.05) is 18.2 Å². The van der Waals surface area contributed by atoms with Crippen molar-refractivity contribution in [1.29, 1.82) is 0 Å². The van der Waals surface area contributed by atoms with Crippen LogP contribution in [0.3, 0.4) is 0 Å². The topological polar surface area (TPSA) is 101 Å². The molecule has 0 aliphatic carbocycles. The van der Waals surface area contributed by atoms with Gasteiger partial charge in [0.15, 0.2) is 0 Å². The summed E-state index contributed by atoms with van der Waals surface area (Å²) in [6.45, 7) is 0.259. The molecule has 2 rings (SSSR count). The van der Waals surface area contributed by atoms with E-state index < -0.39 is 10.9 Å². The molecule has 7 nitrogen and oxygen atoms in total. The second-order valence-electron chi connectivity index (χ2n) is 3.64. The Morgan fingerprint density at radius 1 is 1.44 bits per heavy atom. The van der Waals surface area contributed by atoms with Crippen LogP contribution >= 0.6 is 0 Å². The first kappa shape index (κ1) is 11.8. The minimum Gasteiger partial charge on any atom is -0.545 e. The molecule has 0 spiro atoms. The zero-order valence-corrected chi connectivity index (χ0v) is 9.15. The summed E-state index contributed by atoms with van der Waals surface area (Å²) in [4.78, 5) is 20.6. The Kier molecular flexibility index (Phi) is 3.05. The van der Waals surface area contributed by atoms with Crippen molar-refractivity contribution in [2.75, 3.05) is 0 Å². The Balaban J connectivity index is 2.20. The number of hydrogen-bond donors (Lipinski definition) is 0. The molecule has 0 fully saturated rings. The molecule has 1 aromatic heterocycles. The van der Waals surface area contributed by atoms with Crippen molar-refractivity contribution < 1.29 is 14.8 Å². The molecule has 1 aromatic carbocycles. The monoisotopic (exact) mass is 246 g/mol. The quantitative estimate of drug-likeness (QED) is 0.566. The lowest BCUT2D eigenvalue weighted by Gasteiger charge is -2.05. The van der Waals surface area contributed by atoms with Crippen molar-refractivity contribution in [3.05, 3.63) is 57.9 Å². The summed E-state index contributed by atoms with van der Waals surface area (Å²) in [6.07, 6.45) is 2.42. The fraction of sp³-hybridized carbons (Fsp3) is 0.0909. The molecule has 18 heavy (non-hydrogen) atoms. The third kappa shape index (κ3) is 2.51. The molecular formula is C11H8N3O4-. The van der Waals surface area contributed by atoms with E-state index in [0.29, 0.717) is 5.56 Å². The fourth-order valence-corrected chi connectivity index (χ4v) is 1.52. The van der Waals surface area contributed by atoms with E-state index >= 15 is 0 Å². The lowest BCUT2D eigenvalue weighted by atomic mass is 10.1. The van der Waals surface area contributed by atoms with E-state index in [1.807, 2.05) is 0 Å². The Bertz CT molecular complexity index is 606. The smallest absolute Gasteiger partial charge is 0.307 e. The molecule has 0 radical (unpaired) electrons. The standard InChI is InChI=1S/C11H9N3O4/c15-11(16)9-3-1-2-8(4-9)6-13-7-10(5-12-13)14(17)18/h1-5,7H,6H2,(H,15,16)/p-1. The van der Waals surface area contributed by atoms with Gasteiger partial charge in [0.25, 0.3) is 0 Å². The molecule has 0 N–H and O–H groups in total. The van der Waals surface area contributed by atoms with E-state index in [1.165, 1.54) is 23.0 Å². The average molecular weight is 246 g/mol. The van der Waals surface area contributed by atoms with Gasteiger partial charge in [0, 0.05) is 0 Å². The summed E-state index contributed by atoms with van der Waals surface area (Å²) >= 11 is 0. The minimum absolute atomic E-state index is 0.0640. The highest BCUT2D eigenvalue weighted by Gasteiger charge is 2.08. The number of nitrogens with zero attached hydrogens (tertiary/aromatic N) is 3. The van der Waals surface area contributed by atoms with Crippen LogP contribution in [0.5, 0.6) is 0 Å². The van der Waals surface area contributed by atoms with Gasteiger partial charge in [-0.3, -0.25) is 14.8 Å². The van der Waals surface area contributed by atoms with Crippen molar-refractivity contribution in [2.24, 2.45) is 0 Å². The first-order chi connectivity index (χ1) is 8.56. The fourth-order valence-electron chi connectivity index (χ4n) is 1.52. The largest absolute Gasteiger partial charge is 0.545 e. The number of carboxylic acid groups (broad SMARTS) is 1. The number of rotatable bonds is 4. The van der Waals surface area contributed by atoms with Crippen LogP contribution in [0, 0.1) is 10.1 Å². The molecule has 0 unspecified atom stereocenters. The molecule has 0 bridgehead atoms. The summed E-state index contributed by atoms with van der Waals surface area (Å²) in [5.41, 5.74) is 0.634. The van der Waals surface area contributed by atoms with E-state index in [4.69, 9.17) is 0 Å². The predicted octanol–water partition coefficient (Wildman–Crippen LogP) is 0.203. The Labute approximate surface area is 101 Å². The number of carbonyl (C=O) groups is 1. The Morgan fingerprint density at radius 2 is 2.22 bits per heavy atom. The third-order valence-corrected chi connectivity index (χ3v) is 2.34. The van der Waals surface area contributed by atoms with Crippen molar-refractivity contribution >= 4 is 11.7 Å². The Morgan fingerprint density at radius 3 is 2.83 bits per heavy atom. The first-order valence-electron chi connectivity index (χ1n) is 5.03. The summed E-state index contributed by atoms with van der Waals surface area (Å²) in [7, 11) is 0. The SMILES string of the molecule is O=C([O-])c1cccc(Cn2cc([N+](=O)[O-])cn2)c1. The van der Waals surface area contributed by atoms with Crippen LogP contribution in [0.15, 0.2) is 36.7 Å². The van der Waals surface area contributed by atoms with Gasteiger partial charge in [0.2, 0.25) is 0 Å². The summed E-state index contributed by atoms with van der Waals surface area (Å²) in [5.74, 6) is -1.26. The number of carbonyl (C=O) groups excluding carboxylic acids is 1. The maximum absolute atomic E-state index is 10.7. The number of aromatic carboxylic acids is 1. The molecule has 0 saturated heterocycles. The first-order valence-corrected chi connectivity index (χ1v) is 5.03. The van der Waals surface area contributed by atoms with Crippen molar-refractivity contribution in [2.45, 2.75) is 6.54 Å². The van der Waals surface area contributed by atoms with Crippen molar-refractivity contribution in [3.8, 4) is 0 Å². The molecule has 0 atom stereocenters. The maximum atomic E-state index is 10.7. The zero-order chi connectivity index (χ0) is 13.1. The second kappa shape index (κ2) is 4.66. The number of aromatic nitrogens is 2. The normalized spacial score (nSPS) is 10.2. The van der Waals surface area contributed by atoms with Gasteiger partial charge < -0.3 is 9.90 Å². The van der Waals surface area contributed by atoms with Gasteiger partial charge in [0.1, 0.15) is 12.4 Å². The maximum Gasteiger partial charge on any atom is 0.307 e. The molecule has 1 heterocycles. The minimum atomic E-state index is -1.26. The van der Waals surface area contributed by atoms with Gasteiger partial charge in [-0.25, -0.2) is 0 Å². The highest BCUT2D eigenvalue weighted by Crippen LogP contribution is 2.11. The van der Waals surface area contributed by atoms with Gasteiger partial charge in [-0.2, -0.15) is 5.10 Å². The van der Waals surface area contributed by atoms with Crippen LogP contribution in [-0.4, -0.2) is 20.7 Å². The van der Waals surface area contributed by atoms with E-state index in [0.717, 1.165) is 6.20 Å². The molecular weight excluding hydrogens is 238 g/mol. The summed E-state index contributed by atoms with van der Waals surface area (Å²) in [5, 5.41) is 25.0. The molecule has 0 aliphatic rings. The van der Waals surface area contributed by atoms with Gasteiger partial charge >= 0.3 is 5.69 Å². The van der Waals surface area contributed by atoms with Crippen molar-refractivity contribution in [1.82, 2.24) is 9.78 Å². The van der Waals surface area contributed by atoms with Gasteiger partial charge in [0.05, 0.1) is 17.4 Å². The number of nitro groups is 1. The lowest BCUT2D eigenvalue weighted by molar-refractivity contribution is -0.385. The van der Waals surface area contributed by atoms with E-state index in [2.05, 4.69) is 5.10 Å². The lowest BCUT2D eigenvalue weighted by Crippen LogP contribution is -2.22. The van der Waals surface area contributed by atoms with Crippen molar-refractivity contribution in [3.63, 3.8) is 0 Å². The highest BCUT2D eigenvalue weighted by molar-refractivity contribution is 5.85. The molecule has 7 heteroatoms. The van der Waals surface area contributed by atoms with Crippen LogP contribution in [0.25, 0.3) is 0 Å². The summed E-state index contributed by atoms with van der Waals surface area (Å²) < 4.78 is 1.37. The number of carboxylic acids is 1. The van der Waals surface area contributed by atoms with E-state index in [-0.39, 0.29) is 17.8 Å². The van der Waals surface area contributed by atoms with Crippen LogP contribution in [0.4, 0.5) is 5.69 Å². The summed E-state index contributed by atoms with van der Waals surface area (Å²) in [6, 6.07) is 6.16. The van der Waals surface area contributed by atoms with Gasteiger partial charge in [-0.15, -0.1) is 0 Å². The van der Waals surface area contributed by atoms with Crippen LogP contribution in [-0.2, 0) is 6.54 Å². The molecule has 0 amide bonds. The van der Waals surface area contributed by atoms with E-state index in [1.54, 1.807) is 12.1 Å². The van der Waals surface area contributed by atoms with E-state index in [9.17, 15) is 20.0 Å². The number of benzene rings is 1. The molecule has 2 aromatic rings. The number of hydrogen-bond acceptors (Lipinski definition) is 5. The molecule has 0 aliphatic heterocycles. The molecule has 92 valence electrons. The van der Waals surface area contributed by atoms with Crippen LogP contribution in [0.2, 0.25) is 0 Å². The second-order valence-corrected chi connectivity index (χ2v) is 3.64. The van der Waals surface area contributed by atoms with Crippen LogP contribution < -0.4 is 5.11 Å². The van der Waals surface area contributed by atoms with Gasteiger partial charge in [-0.05, 0) is 17.2 Å². The highest BCUT2D eigenvalue weighted by atomic mass is 16.6. The Hall–Kier alpha value is -2.70. The third-order valence-electron chi connectivity index (χ3n) is 2.34.